The average molecular weight is 242 g/mol. The van der Waals surface area contributed by atoms with E-state index in [4.69, 9.17) is 10.5 Å². The molecule has 0 aromatic heterocycles. The standard InChI is InChI=1S/C12H22N2O3/c1-3-17-11(15)8-10-4-6-14(7-5-10)12(16)9(2)13/h9-10H,3-8,13H2,1-2H3/t9-/m0/s1. The molecule has 1 fully saturated rings. The lowest BCUT2D eigenvalue weighted by atomic mass is 9.93. The van der Waals surface area contributed by atoms with E-state index in [-0.39, 0.29) is 11.9 Å². The third-order valence-corrected chi connectivity index (χ3v) is 3.08. The molecule has 2 N–H and O–H groups in total. The van der Waals surface area contributed by atoms with E-state index < -0.39 is 6.04 Å². The van der Waals surface area contributed by atoms with E-state index in [0.717, 1.165) is 12.8 Å². The summed E-state index contributed by atoms with van der Waals surface area (Å²) in [6, 6.07) is -0.434. The zero-order valence-electron chi connectivity index (χ0n) is 10.6. The maximum Gasteiger partial charge on any atom is 0.306 e. The zero-order valence-corrected chi connectivity index (χ0v) is 10.6. The average Bonchev–Trinajstić information content (AvgIpc) is 2.29. The Bertz CT molecular complexity index is 271. The van der Waals surface area contributed by atoms with Crippen molar-refractivity contribution in [2.24, 2.45) is 11.7 Å². The maximum atomic E-state index is 11.6. The van der Waals surface area contributed by atoms with Gasteiger partial charge >= 0.3 is 5.97 Å². The summed E-state index contributed by atoms with van der Waals surface area (Å²) in [5.74, 6) is 0.204. The van der Waals surface area contributed by atoms with Crippen LogP contribution in [0, 0.1) is 5.92 Å². The molecule has 1 rings (SSSR count). The molecule has 0 aromatic carbocycles. The second kappa shape index (κ2) is 6.59. The van der Waals surface area contributed by atoms with E-state index in [0.29, 0.717) is 32.0 Å². The summed E-state index contributed by atoms with van der Waals surface area (Å²) in [7, 11) is 0. The van der Waals surface area contributed by atoms with Crippen LogP contribution in [0.3, 0.4) is 0 Å². The van der Waals surface area contributed by atoms with Crippen LogP contribution in [0.15, 0.2) is 0 Å². The molecule has 0 bridgehead atoms. The maximum absolute atomic E-state index is 11.6. The van der Waals surface area contributed by atoms with E-state index in [2.05, 4.69) is 0 Å². The number of carbonyl (C=O) groups excluding carboxylic acids is 2. The number of nitrogens with two attached hydrogens (primary N) is 1. The predicted molar refractivity (Wildman–Crippen MR) is 64.2 cm³/mol. The minimum absolute atomic E-state index is 0.000385. The van der Waals surface area contributed by atoms with Crippen LogP contribution in [0.2, 0.25) is 0 Å². The minimum Gasteiger partial charge on any atom is -0.466 e. The quantitative estimate of drug-likeness (QED) is 0.730. The van der Waals surface area contributed by atoms with Gasteiger partial charge in [-0.1, -0.05) is 0 Å². The van der Waals surface area contributed by atoms with Gasteiger partial charge in [0.25, 0.3) is 0 Å². The summed E-state index contributed by atoms with van der Waals surface area (Å²) >= 11 is 0. The molecule has 98 valence electrons. The highest BCUT2D eigenvalue weighted by Crippen LogP contribution is 2.21. The van der Waals surface area contributed by atoms with Crippen LogP contribution >= 0.6 is 0 Å². The van der Waals surface area contributed by atoms with Gasteiger partial charge < -0.3 is 15.4 Å². The molecular weight excluding hydrogens is 220 g/mol. The van der Waals surface area contributed by atoms with Crippen LogP contribution in [-0.2, 0) is 14.3 Å². The summed E-state index contributed by atoms with van der Waals surface area (Å²) in [6.45, 7) is 5.34. The lowest BCUT2D eigenvalue weighted by Gasteiger charge is -2.32. The molecule has 0 radical (unpaired) electrons. The SMILES string of the molecule is CCOC(=O)CC1CCN(C(=O)[C@H](C)N)CC1. The number of esters is 1. The van der Waals surface area contributed by atoms with Crippen molar-refractivity contribution < 1.29 is 14.3 Å². The van der Waals surface area contributed by atoms with Crippen LogP contribution in [0.1, 0.15) is 33.1 Å². The molecule has 1 aliphatic heterocycles. The van der Waals surface area contributed by atoms with Crippen molar-refractivity contribution in [3.8, 4) is 0 Å². The molecule has 5 heteroatoms. The van der Waals surface area contributed by atoms with Crippen molar-refractivity contribution in [3.63, 3.8) is 0 Å². The van der Waals surface area contributed by atoms with Gasteiger partial charge in [-0.2, -0.15) is 0 Å². The Morgan fingerprint density at radius 2 is 2.00 bits per heavy atom. The number of hydrogen-bond acceptors (Lipinski definition) is 4. The highest BCUT2D eigenvalue weighted by atomic mass is 16.5. The van der Waals surface area contributed by atoms with Gasteiger partial charge in [0.2, 0.25) is 5.91 Å². The Hall–Kier alpha value is -1.10. The molecule has 5 nitrogen and oxygen atoms in total. The first-order valence-electron chi connectivity index (χ1n) is 6.24. The molecule has 0 aliphatic carbocycles. The lowest BCUT2D eigenvalue weighted by Crippen LogP contribution is -2.46. The Kier molecular flexibility index (Phi) is 5.41. The number of ether oxygens (including phenoxy) is 1. The van der Waals surface area contributed by atoms with E-state index in [1.165, 1.54) is 0 Å². The van der Waals surface area contributed by atoms with Gasteiger partial charge in [-0.05, 0) is 32.6 Å². The van der Waals surface area contributed by atoms with Gasteiger partial charge in [0, 0.05) is 19.5 Å². The fourth-order valence-corrected chi connectivity index (χ4v) is 2.10. The summed E-state index contributed by atoms with van der Waals surface area (Å²) in [5, 5.41) is 0. The molecular formula is C12H22N2O3. The van der Waals surface area contributed by atoms with Crippen molar-refractivity contribution in [2.45, 2.75) is 39.2 Å². The van der Waals surface area contributed by atoms with Crippen LogP contribution < -0.4 is 5.73 Å². The molecule has 17 heavy (non-hydrogen) atoms. The molecule has 0 spiro atoms. The summed E-state index contributed by atoms with van der Waals surface area (Å²) in [5.41, 5.74) is 5.56. The van der Waals surface area contributed by atoms with Gasteiger partial charge in [-0.3, -0.25) is 9.59 Å². The van der Waals surface area contributed by atoms with E-state index in [1.54, 1.807) is 11.8 Å². The first-order valence-corrected chi connectivity index (χ1v) is 6.24. The van der Waals surface area contributed by atoms with Gasteiger partial charge in [0.05, 0.1) is 12.6 Å². The second-order valence-electron chi connectivity index (χ2n) is 4.57. The fraction of sp³-hybridized carbons (Fsp3) is 0.833. The molecule has 0 aromatic rings. The van der Waals surface area contributed by atoms with Gasteiger partial charge in [-0.25, -0.2) is 0 Å². The number of carbonyl (C=O) groups is 2. The van der Waals surface area contributed by atoms with Crippen LogP contribution in [0.5, 0.6) is 0 Å². The van der Waals surface area contributed by atoms with Gasteiger partial charge in [0.1, 0.15) is 0 Å². The van der Waals surface area contributed by atoms with Gasteiger partial charge in [0.15, 0.2) is 0 Å². The Morgan fingerprint density at radius 3 is 2.47 bits per heavy atom. The topological polar surface area (TPSA) is 72.6 Å². The monoisotopic (exact) mass is 242 g/mol. The van der Waals surface area contributed by atoms with Crippen molar-refractivity contribution in [1.82, 2.24) is 4.90 Å². The van der Waals surface area contributed by atoms with Crippen molar-refractivity contribution in [2.75, 3.05) is 19.7 Å². The van der Waals surface area contributed by atoms with Crippen molar-refractivity contribution in [1.29, 1.82) is 0 Å². The molecule has 1 saturated heterocycles. The zero-order chi connectivity index (χ0) is 12.8. The van der Waals surface area contributed by atoms with E-state index in [9.17, 15) is 9.59 Å². The molecule has 0 saturated carbocycles. The summed E-state index contributed by atoms with van der Waals surface area (Å²) in [4.78, 5) is 24.7. The fourth-order valence-electron chi connectivity index (χ4n) is 2.10. The number of piperidine rings is 1. The molecule has 1 heterocycles. The highest BCUT2D eigenvalue weighted by molar-refractivity contribution is 5.81. The molecule has 0 unspecified atom stereocenters. The van der Waals surface area contributed by atoms with Crippen LogP contribution in [0.25, 0.3) is 0 Å². The first kappa shape index (κ1) is 14.0. The smallest absolute Gasteiger partial charge is 0.306 e. The second-order valence-corrected chi connectivity index (χ2v) is 4.57. The number of nitrogens with zero attached hydrogens (tertiary/aromatic N) is 1. The van der Waals surface area contributed by atoms with Crippen molar-refractivity contribution in [3.05, 3.63) is 0 Å². The Morgan fingerprint density at radius 1 is 1.41 bits per heavy atom. The summed E-state index contributed by atoms with van der Waals surface area (Å²) < 4.78 is 4.92. The molecule has 1 aliphatic rings. The third-order valence-electron chi connectivity index (χ3n) is 3.08. The van der Waals surface area contributed by atoms with Crippen molar-refractivity contribution >= 4 is 11.9 Å². The number of likely N-dealkylation sites (tertiary alicyclic amines) is 1. The Balaban J connectivity index is 2.31. The normalized spacial score (nSPS) is 18.9. The summed E-state index contributed by atoms with van der Waals surface area (Å²) in [6.07, 6.45) is 2.18. The lowest BCUT2D eigenvalue weighted by molar-refractivity contribution is -0.144. The first-order chi connectivity index (χ1) is 8.04. The number of amides is 1. The minimum atomic E-state index is -0.434. The Labute approximate surface area is 102 Å². The molecule has 1 amide bonds. The largest absolute Gasteiger partial charge is 0.466 e. The molecule has 1 atom stereocenters. The number of hydrogen-bond donors (Lipinski definition) is 1. The number of rotatable bonds is 4. The van der Waals surface area contributed by atoms with Crippen LogP contribution in [-0.4, -0.2) is 42.5 Å². The van der Waals surface area contributed by atoms with E-state index in [1.807, 2.05) is 6.92 Å². The highest BCUT2D eigenvalue weighted by Gasteiger charge is 2.25. The third kappa shape index (κ3) is 4.34. The van der Waals surface area contributed by atoms with E-state index >= 15 is 0 Å². The van der Waals surface area contributed by atoms with Crippen LogP contribution in [0.4, 0.5) is 0 Å². The van der Waals surface area contributed by atoms with Gasteiger partial charge in [-0.15, -0.1) is 0 Å². The predicted octanol–water partition coefficient (Wildman–Crippen LogP) is 0.525.